The Hall–Kier alpha value is -1.94. The molecule has 20 heavy (non-hydrogen) atoms. The van der Waals surface area contributed by atoms with Gasteiger partial charge in [0.05, 0.1) is 11.4 Å². The van der Waals surface area contributed by atoms with E-state index in [4.69, 9.17) is 9.42 Å². The zero-order valence-electron chi connectivity index (χ0n) is 12.4. The highest BCUT2D eigenvalue weighted by Gasteiger charge is 2.07. The summed E-state index contributed by atoms with van der Waals surface area (Å²) in [6, 6.07) is 11.9. The lowest BCUT2D eigenvalue weighted by Crippen LogP contribution is -2.11. The van der Waals surface area contributed by atoms with E-state index >= 15 is 0 Å². The quantitative estimate of drug-likeness (QED) is 0.630. The summed E-state index contributed by atoms with van der Waals surface area (Å²) in [5.41, 5.74) is 3.84. The zero-order chi connectivity index (χ0) is 14.5. The van der Waals surface area contributed by atoms with Crippen LogP contribution >= 0.6 is 0 Å². The van der Waals surface area contributed by atoms with Crippen LogP contribution in [0.15, 0.2) is 47.6 Å². The monoisotopic (exact) mass is 284 g/mol. The third kappa shape index (κ3) is 3.54. The molecule has 0 spiro atoms. The van der Waals surface area contributed by atoms with E-state index < -0.39 is 9.04 Å². The van der Waals surface area contributed by atoms with Crippen LogP contribution in [0.25, 0.3) is 0 Å². The van der Waals surface area contributed by atoms with Gasteiger partial charge in [0.1, 0.15) is 11.4 Å². The van der Waals surface area contributed by atoms with Gasteiger partial charge in [0.25, 0.3) is 0 Å². The number of benzene rings is 1. The summed E-state index contributed by atoms with van der Waals surface area (Å²) in [7, 11) is -1.14. The van der Waals surface area contributed by atoms with Crippen molar-refractivity contribution in [2.75, 3.05) is 0 Å². The van der Waals surface area contributed by atoms with Gasteiger partial charge < -0.3 is 4.43 Å². The van der Waals surface area contributed by atoms with E-state index in [0.29, 0.717) is 0 Å². The van der Waals surface area contributed by atoms with E-state index in [1.54, 1.807) is 6.20 Å². The normalized spacial score (nSPS) is 11.8. The molecule has 1 aromatic heterocycles. The summed E-state index contributed by atoms with van der Waals surface area (Å²) in [5, 5.41) is 0. The van der Waals surface area contributed by atoms with Crippen molar-refractivity contribution in [3.63, 3.8) is 0 Å². The average Bonchev–Trinajstić information content (AvgIpc) is 2.41. The minimum atomic E-state index is -1.14. The summed E-state index contributed by atoms with van der Waals surface area (Å²) in [5.74, 6) is 0.863. The second-order valence-electron chi connectivity index (χ2n) is 5.00. The summed E-state index contributed by atoms with van der Waals surface area (Å²) in [6.07, 6.45) is 1.80. The summed E-state index contributed by atoms with van der Waals surface area (Å²) < 4.78 is 5.92. The molecule has 0 N–H and O–H groups in total. The molecule has 0 bridgehead atoms. The Balaban J connectivity index is 2.38. The van der Waals surface area contributed by atoms with Crippen molar-refractivity contribution in [1.82, 2.24) is 4.98 Å². The van der Waals surface area contributed by atoms with Crippen molar-refractivity contribution >= 4 is 20.4 Å². The van der Waals surface area contributed by atoms with Gasteiger partial charge in [0.2, 0.25) is 9.04 Å². The lowest BCUT2D eigenvalue weighted by molar-refractivity contribution is 0.582. The first-order valence-corrected chi connectivity index (χ1v) is 9.59. The predicted molar refractivity (Wildman–Crippen MR) is 86.8 cm³/mol. The fraction of sp³-hybridized carbons (Fsp3) is 0.250. The highest BCUT2D eigenvalue weighted by molar-refractivity contribution is 6.49. The van der Waals surface area contributed by atoms with Gasteiger partial charge in [-0.1, -0.05) is 18.2 Å². The van der Waals surface area contributed by atoms with E-state index in [-0.39, 0.29) is 0 Å². The second kappa shape index (κ2) is 6.48. The van der Waals surface area contributed by atoms with Crippen LogP contribution in [0.5, 0.6) is 5.75 Å². The Morgan fingerprint density at radius 1 is 1.15 bits per heavy atom. The number of hydrogen-bond acceptors (Lipinski definition) is 3. The van der Waals surface area contributed by atoms with Crippen LogP contribution in [0, 0.1) is 6.92 Å². The first-order valence-electron chi connectivity index (χ1n) is 6.81. The summed E-state index contributed by atoms with van der Waals surface area (Å²) in [6.45, 7) is 8.33. The molecular weight excluding hydrogens is 264 g/mol. The number of nitrogens with zero attached hydrogens (tertiary/aromatic N) is 2. The molecule has 2 aromatic rings. The van der Waals surface area contributed by atoms with Crippen LogP contribution in [0.2, 0.25) is 13.1 Å². The molecule has 1 aromatic carbocycles. The smallest absolute Gasteiger partial charge is 0.229 e. The number of rotatable bonds is 4. The number of aromatic nitrogens is 1. The maximum absolute atomic E-state index is 5.92. The largest absolute Gasteiger partial charge is 0.546 e. The topological polar surface area (TPSA) is 34.5 Å². The van der Waals surface area contributed by atoms with Crippen LogP contribution in [-0.4, -0.2) is 19.7 Å². The maximum Gasteiger partial charge on any atom is 0.229 e. The molecule has 0 radical (unpaired) electrons. The minimum Gasteiger partial charge on any atom is -0.546 e. The van der Waals surface area contributed by atoms with Crippen molar-refractivity contribution in [3.8, 4) is 5.75 Å². The van der Waals surface area contributed by atoms with E-state index in [1.807, 2.05) is 50.2 Å². The average molecular weight is 284 g/mol. The van der Waals surface area contributed by atoms with Gasteiger partial charge in [0, 0.05) is 6.20 Å². The maximum atomic E-state index is 5.92. The number of hydrogen-bond donors (Lipinski definition) is 0. The van der Waals surface area contributed by atoms with Crippen molar-refractivity contribution in [2.24, 2.45) is 4.99 Å². The predicted octanol–water partition coefficient (Wildman–Crippen LogP) is 3.89. The summed E-state index contributed by atoms with van der Waals surface area (Å²) in [4.78, 5) is 9.10. The van der Waals surface area contributed by atoms with Gasteiger partial charge in [-0.2, -0.15) is 0 Å². The highest BCUT2D eigenvalue weighted by atomic mass is 28.3. The van der Waals surface area contributed by atoms with Gasteiger partial charge >= 0.3 is 0 Å². The van der Waals surface area contributed by atoms with Gasteiger partial charge in [-0.05, 0) is 50.7 Å². The molecule has 1 heterocycles. The van der Waals surface area contributed by atoms with Crippen molar-refractivity contribution in [1.29, 1.82) is 0 Å². The zero-order valence-corrected chi connectivity index (χ0v) is 13.6. The molecule has 0 fully saturated rings. The van der Waals surface area contributed by atoms with Gasteiger partial charge in [-0.3, -0.25) is 4.98 Å². The van der Waals surface area contributed by atoms with Crippen LogP contribution in [0.1, 0.15) is 18.2 Å². The molecule has 104 valence electrons. The van der Waals surface area contributed by atoms with E-state index in [2.05, 4.69) is 18.1 Å². The molecule has 0 saturated carbocycles. The van der Waals surface area contributed by atoms with Crippen LogP contribution < -0.4 is 4.43 Å². The van der Waals surface area contributed by atoms with E-state index in [9.17, 15) is 0 Å². The standard InChI is InChI=1S/C16H20N2OSi/c1-12-8-7-11-17-16(12)13(2)18-14-9-5-6-10-15(14)19-20(3)4/h5-11,20H,1-4H3. The van der Waals surface area contributed by atoms with Crippen molar-refractivity contribution in [3.05, 3.63) is 53.9 Å². The molecule has 0 unspecified atom stereocenters. The second-order valence-corrected chi connectivity index (χ2v) is 7.33. The molecule has 0 saturated heterocycles. The molecule has 0 aliphatic rings. The Morgan fingerprint density at radius 3 is 2.60 bits per heavy atom. The first-order chi connectivity index (χ1) is 9.58. The highest BCUT2D eigenvalue weighted by Crippen LogP contribution is 2.28. The van der Waals surface area contributed by atoms with Crippen LogP contribution in [-0.2, 0) is 0 Å². The van der Waals surface area contributed by atoms with Gasteiger partial charge in [-0.15, -0.1) is 0 Å². The third-order valence-corrected chi connectivity index (χ3v) is 3.59. The first kappa shape index (κ1) is 14.5. The molecule has 3 nitrogen and oxygen atoms in total. The number of pyridine rings is 1. The molecule has 2 rings (SSSR count). The van der Waals surface area contributed by atoms with Crippen molar-refractivity contribution in [2.45, 2.75) is 26.9 Å². The van der Waals surface area contributed by atoms with E-state index in [1.165, 1.54) is 0 Å². The Morgan fingerprint density at radius 2 is 1.90 bits per heavy atom. The molecular formula is C16H20N2OSi. The molecule has 0 atom stereocenters. The molecule has 0 aliphatic carbocycles. The molecule has 4 heteroatoms. The van der Waals surface area contributed by atoms with E-state index in [0.717, 1.165) is 28.4 Å². The fourth-order valence-corrected chi connectivity index (χ4v) is 2.71. The van der Waals surface area contributed by atoms with Gasteiger partial charge in [-0.25, -0.2) is 4.99 Å². The Labute approximate surface area is 122 Å². The minimum absolute atomic E-state index is 0.863. The molecule has 0 amide bonds. The Kier molecular flexibility index (Phi) is 4.68. The lowest BCUT2D eigenvalue weighted by Gasteiger charge is -2.12. The molecule has 0 aliphatic heterocycles. The fourth-order valence-electron chi connectivity index (χ4n) is 2.00. The third-order valence-electron chi connectivity index (χ3n) is 2.87. The number of aliphatic imine (C=N–C) groups is 1. The Bertz CT molecular complexity index is 623. The van der Waals surface area contributed by atoms with Crippen LogP contribution in [0.4, 0.5) is 5.69 Å². The van der Waals surface area contributed by atoms with Gasteiger partial charge in [0.15, 0.2) is 0 Å². The number of para-hydroxylation sites is 2. The SMILES string of the molecule is CC(=Nc1ccccc1O[SiH](C)C)c1ncccc1C. The summed E-state index contributed by atoms with van der Waals surface area (Å²) >= 11 is 0. The van der Waals surface area contributed by atoms with Crippen LogP contribution in [0.3, 0.4) is 0 Å². The number of aryl methyl sites for hydroxylation is 1. The lowest BCUT2D eigenvalue weighted by atomic mass is 10.1. The van der Waals surface area contributed by atoms with Crippen molar-refractivity contribution < 1.29 is 4.43 Å².